The van der Waals surface area contributed by atoms with Gasteiger partial charge in [-0.05, 0) is 70.7 Å². The summed E-state index contributed by atoms with van der Waals surface area (Å²) in [6.45, 7) is 6.51. The molecule has 3 rings (SSSR count). The zero-order valence-electron chi connectivity index (χ0n) is 13.9. The Balaban J connectivity index is 1.85. The Morgan fingerprint density at radius 1 is 1.21 bits per heavy atom. The monoisotopic (exact) mass is 456 g/mol. The number of rotatable bonds is 3. The van der Waals surface area contributed by atoms with Crippen LogP contribution < -0.4 is 11.4 Å². The van der Waals surface area contributed by atoms with E-state index in [4.69, 9.17) is 5.73 Å². The lowest BCUT2D eigenvalue weighted by atomic mass is 10.0. The van der Waals surface area contributed by atoms with Crippen molar-refractivity contribution in [3.8, 4) is 11.3 Å². The fourth-order valence-corrected chi connectivity index (χ4v) is 4.43. The molecule has 0 saturated carbocycles. The number of nitrogens with zero attached hydrogens (tertiary/aromatic N) is 2. The molecule has 1 saturated heterocycles. The van der Waals surface area contributed by atoms with Gasteiger partial charge in [0.1, 0.15) is 0 Å². The molecule has 1 aliphatic rings. The summed E-state index contributed by atoms with van der Waals surface area (Å²) in [6, 6.07) is 4.68. The van der Waals surface area contributed by atoms with E-state index in [0.29, 0.717) is 11.7 Å². The average molecular weight is 458 g/mol. The number of hydrogen-bond donors (Lipinski definition) is 2. The second kappa shape index (κ2) is 7.06. The SMILES string of the molecule is CC(C)N1CCC(n2cc(-c3cc(Br)c(N)c(Br)c3)[nH]c2=O)CC1. The number of hydrogen-bond acceptors (Lipinski definition) is 3. The molecule has 0 unspecified atom stereocenters. The number of piperidine rings is 1. The largest absolute Gasteiger partial charge is 0.397 e. The lowest BCUT2D eigenvalue weighted by Gasteiger charge is -2.34. The number of halogens is 2. The van der Waals surface area contributed by atoms with Gasteiger partial charge in [0, 0.05) is 45.9 Å². The number of nitrogens with two attached hydrogens (primary N) is 1. The van der Waals surface area contributed by atoms with Gasteiger partial charge in [0.15, 0.2) is 0 Å². The number of anilines is 1. The maximum Gasteiger partial charge on any atom is 0.326 e. The number of H-pyrrole nitrogens is 1. The van der Waals surface area contributed by atoms with Crippen LogP contribution in [-0.2, 0) is 0 Å². The Kier molecular flexibility index (Phi) is 5.22. The molecule has 0 bridgehead atoms. The zero-order valence-corrected chi connectivity index (χ0v) is 17.0. The van der Waals surface area contributed by atoms with Crippen molar-refractivity contribution in [2.24, 2.45) is 0 Å². The number of likely N-dealkylation sites (tertiary alicyclic amines) is 1. The van der Waals surface area contributed by atoms with Gasteiger partial charge in [-0.15, -0.1) is 0 Å². The van der Waals surface area contributed by atoms with Gasteiger partial charge in [0.25, 0.3) is 0 Å². The van der Waals surface area contributed by atoms with Gasteiger partial charge in [-0.1, -0.05) is 0 Å². The second-order valence-electron chi connectivity index (χ2n) is 6.59. The molecule has 0 aliphatic carbocycles. The third-order valence-corrected chi connectivity index (χ3v) is 6.07. The summed E-state index contributed by atoms with van der Waals surface area (Å²) in [4.78, 5) is 17.8. The van der Waals surface area contributed by atoms with Gasteiger partial charge in [0.2, 0.25) is 0 Å². The topological polar surface area (TPSA) is 67.0 Å². The van der Waals surface area contributed by atoms with E-state index in [1.165, 1.54) is 0 Å². The molecule has 24 heavy (non-hydrogen) atoms. The van der Waals surface area contributed by atoms with Crippen molar-refractivity contribution in [2.75, 3.05) is 18.8 Å². The molecule has 7 heteroatoms. The molecule has 1 aromatic carbocycles. The lowest BCUT2D eigenvalue weighted by Crippen LogP contribution is -2.40. The Bertz CT molecular complexity index is 765. The molecule has 0 radical (unpaired) electrons. The van der Waals surface area contributed by atoms with Crippen LogP contribution >= 0.6 is 31.9 Å². The molecule has 5 nitrogen and oxygen atoms in total. The van der Waals surface area contributed by atoms with Crippen LogP contribution in [0.4, 0.5) is 5.69 Å². The fourth-order valence-electron chi connectivity index (χ4n) is 3.25. The first-order valence-electron chi connectivity index (χ1n) is 8.17. The van der Waals surface area contributed by atoms with Crippen molar-refractivity contribution in [1.29, 1.82) is 0 Å². The van der Waals surface area contributed by atoms with Crippen LogP contribution in [0.2, 0.25) is 0 Å². The van der Waals surface area contributed by atoms with Crippen LogP contribution in [0.1, 0.15) is 32.7 Å². The minimum Gasteiger partial charge on any atom is -0.397 e. The fraction of sp³-hybridized carbons (Fsp3) is 0.471. The van der Waals surface area contributed by atoms with E-state index in [0.717, 1.165) is 46.1 Å². The van der Waals surface area contributed by atoms with Crippen LogP contribution in [-0.4, -0.2) is 33.6 Å². The van der Waals surface area contributed by atoms with E-state index < -0.39 is 0 Å². The summed E-state index contributed by atoms with van der Waals surface area (Å²) >= 11 is 6.91. The van der Waals surface area contributed by atoms with Crippen LogP contribution in [0, 0.1) is 0 Å². The van der Waals surface area contributed by atoms with Crippen LogP contribution in [0.5, 0.6) is 0 Å². The van der Waals surface area contributed by atoms with Gasteiger partial charge in [-0.25, -0.2) is 4.79 Å². The van der Waals surface area contributed by atoms with Crippen LogP contribution in [0.3, 0.4) is 0 Å². The molecule has 0 amide bonds. The highest BCUT2D eigenvalue weighted by molar-refractivity contribution is 9.11. The molecular weight excluding hydrogens is 436 g/mol. The van der Waals surface area contributed by atoms with Crippen molar-refractivity contribution in [2.45, 2.75) is 38.8 Å². The van der Waals surface area contributed by atoms with Crippen molar-refractivity contribution in [3.63, 3.8) is 0 Å². The normalized spacial score (nSPS) is 16.9. The molecule has 0 atom stereocenters. The van der Waals surface area contributed by atoms with Crippen molar-refractivity contribution in [1.82, 2.24) is 14.5 Å². The Hall–Kier alpha value is -1.05. The third-order valence-electron chi connectivity index (χ3n) is 4.76. The summed E-state index contributed by atoms with van der Waals surface area (Å²) in [5.74, 6) is 0. The number of aromatic amines is 1. The number of nitrogen functional groups attached to an aromatic ring is 1. The minimum absolute atomic E-state index is 0.0444. The predicted octanol–water partition coefficient (Wildman–Crippen LogP) is 4.00. The standard InChI is InChI=1S/C17H22Br2N4O/c1-10(2)22-5-3-12(4-6-22)23-9-15(21-17(23)24)11-7-13(18)16(20)14(19)8-11/h7-10,12H,3-6,20H2,1-2H3,(H,21,24). The summed E-state index contributed by atoms with van der Waals surface area (Å²) < 4.78 is 3.47. The van der Waals surface area contributed by atoms with E-state index in [9.17, 15) is 4.79 Å². The first-order valence-corrected chi connectivity index (χ1v) is 9.75. The molecule has 130 valence electrons. The van der Waals surface area contributed by atoms with Crippen LogP contribution in [0.25, 0.3) is 11.3 Å². The first-order chi connectivity index (χ1) is 11.4. The second-order valence-corrected chi connectivity index (χ2v) is 8.30. The molecular formula is C17H22Br2N4O. The Morgan fingerprint density at radius 3 is 2.33 bits per heavy atom. The predicted molar refractivity (Wildman–Crippen MR) is 105 cm³/mol. The smallest absolute Gasteiger partial charge is 0.326 e. The Labute approximate surface area is 158 Å². The first kappa shape index (κ1) is 17.8. The maximum atomic E-state index is 12.4. The summed E-state index contributed by atoms with van der Waals surface area (Å²) in [6.07, 6.45) is 3.94. The Morgan fingerprint density at radius 2 is 1.79 bits per heavy atom. The highest BCUT2D eigenvalue weighted by atomic mass is 79.9. The van der Waals surface area contributed by atoms with Crippen molar-refractivity contribution >= 4 is 37.5 Å². The molecule has 1 fully saturated rings. The molecule has 1 aromatic heterocycles. The van der Waals surface area contributed by atoms with Gasteiger partial charge < -0.3 is 15.6 Å². The number of nitrogens with one attached hydrogen (secondary N) is 1. The quantitative estimate of drug-likeness (QED) is 0.684. The lowest BCUT2D eigenvalue weighted by molar-refractivity contribution is 0.151. The van der Waals surface area contributed by atoms with E-state index >= 15 is 0 Å². The number of imidazole rings is 1. The van der Waals surface area contributed by atoms with Crippen LogP contribution in [0.15, 0.2) is 32.1 Å². The van der Waals surface area contributed by atoms with Crippen molar-refractivity contribution in [3.05, 3.63) is 37.8 Å². The maximum absolute atomic E-state index is 12.4. The summed E-state index contributed by atoms with van der Waals surface area (Å²) in [5.41, 5.74) is 8.29. The molecule has 0 spiro atoms. The van der Waals surface area contributed by atoms with E-state index in [1.54, 1.807) is 0 Å². The van der Waals surface area contributed by atoms with E-state index in [1.807, 2.05) is 22.9 Å². The van der Waals surface area contributed by atoms with Gasteiger partial charge in [-0.3, -0.25) is 4.57 Å². The zero-order chi connectivity index (χ0) is 17.4. The molecule has 1 aliphatic heterocycles. The summed E-state index contributed by atoms with van der Waals surface area (Å²) in [5, 5.41) is 0. The van der Waals surface area contributed by atoms with Gasteiger partial charge >= 0.3 is 5.69 Å². The van der Waals surface area contributed by atoms with Crippen molar-refractivity contribution < 1.29 is 0 Å². The van der Waals surface area contributed by atoms with Gasteiger partial charge in [-0.2, -0.15) is 0 Å². The third kappa shape index (κ3) is 3.48. The summed E-state index contributed by atoms with van der Waals surface area (Å²) in [7, 11) is 0. The highest BCUT2D eigenvalue weighted by Crippen LogP contribution is 2.33. The number of aromatic nitrogens is 2. The highest BCUT2D eigenvalue weighted by Gasteiger charge is 2.23. The van der Waals surface area contributed by atoms with E-state index in [-0.39, 0.29) is 11.7 Å². The molecule has 3 N–H and O–H groups in total. The van der Waals surface area contributed by atoms with Gasteiger partial charge in [0.05, 0.1) is 11.4 Å². The minimum atomic E-state index is -0.0444. The average Bonchev–Trinajstić information content (AvgIpc) is 2.94. The molecule has 2 heterocycles. The molecule has 2 aromatic rings. The number of benzene rings is 1. The van der Waals surface area contributed by atoms with E-state index in [2.05, 4.69) is 55.6 Å².